The lowest BCUT2D eigenvalue weighted by molar-refractivity contribution is 0.00519. The average molecular weight is 300 g/mol. The van der Waals surface area contributed by atoms with Gasteiger partial charge in [-0.3, -0.25) is 5.32 Å². The molecule has 2 aliphatic heterocycles. The van der Waals surface area contributed by atoms with E-state index in [0.29, 0.717) is 6.04 Å². The van der Waals surface area contributed by atoms with Gasteiger partial charge in [0.05, 0.1) is 11.4 Å². The fraction of sp³-hybridized carbons (Fsp3) is 0.933. The molecule has 0 radical (unpaired) electrons. The lowest BCUT2D eigenvalue weighted by atomic mass is 9.98. The normalized spacial score (nSPS) is 35.1. The second kappa shape index (κ2) is 5.76. The van der Waals surface area contributed by atoms with E-state index < -0.39 is 5.60 Å². The molecular weight excluding hydrogens is 272 g/mol. The van der Waals surface area contributed by atoms with Crippen LogP contribution in [0.3, 0.4) is 0 Å². The number of carbonyl (C=O) groups excluding carboxylic acids is 1. The highest BCUT2D eigenvalue weighted by molar-refractivity contribution is 8.00. The van der Waals surface area contributed by atoms with Crippen LogP contribution in [0, 0.1) is 0 Å². The molecule has 1 amide bonds. The zero-order valence-corrected chi connectivity index (χ0v) is 14.2. The molecule has 0 aliphatic carbocycles. The van der Waals surface area contributed by atoms with E-state index in [0.717, 1.165) is 19.4 Å². The molecule has 20 heavy (non-hydrogen) atoms. The van der Waals surface area contributed by atoms with E-state index in [2.05, 4.69) is 19.2 Å². The van der Waals surface area contributed by atoms with Crippen LogP contribution in [-0.2, 0) is 4.74 Å². The van der Waals surface area contributed by atoms with Gasteiger partial charge in [0.25, 0.3) is 0 Å². The van der Waals surface area contributed by atoms with Crippen molar-refractivity contribution in [2.75, 3.05) is 12.3 Å². The fourth-order valence-electron chi connectivity index (χ4n) is 2.90. The van der Waals surface area contributed by atoms with Crippen LogP contribution in [0.1, 0.15) is 53.9 Å². The molecule has 4 nitrogen and oxygen atoms in total. The van der Waals surface area contributed by atoms with Crippen molar-refractivity contribution in [3.63, 3.8) is 0 Å². The van der Waals surface area contributed by atoms with Crippen LogP contribution in [0.15, 0.2) is 0 Å². The predicted molar refractivity (Wildman–Crippen MR) is 84.0 cm³/mol. The minimum Gasteiger partial charge on any atom is -0.444 e. The van der Waals surface area contributed by atoms with Gasteiger partial charge in [-0.05, 0) is 59.6 Å². The SMILES string of the molecule is CC1CCSC2(CCC(C)N(C(=O)OC(C)(C)C)C2)N1. The maximum Gasteiger partial charge on any atom is 0.410 e. The van der Waals surface area contributed by atoms with Crippen molar-refractivity contribution < 1.29 is 9.53 Å². The van der Waals surface area contributed by atoms with Crippen molar-refractivity contribution >= 4 is 17.9 Å². The summed E-state index contributed by atoms with van der Waals surface area (Å²) in [6, 6.07) is 0.792. The van der Waals surface area contributed by atoms with Gasteiger partial charge in [-0.2, -0.15) is 0 Å². The fourth-order valence-corrected chi connectivity index (χ4v) is 4.54. The Kier molecular flexibility index (Phi) is 4.59. The van der Waals surface area contributed by atoms with E-state index in [-0.39, 0.29) is 17.0 Å². The number of nitrogens with one attached hydrogen (secondary N) is 1. The summed E-state index contributed by atoms with van der Waals surface area (Å²) in [7, 11) is 0. The van der Waals surface area contributed by atoms with Gasteiger partial charge in [0, 0.05) is 12.1 Å². The zero-order chi connectivity index (χ0) is 15.0. The third-order valence-corrected chi connectivity index (χ3v) is 5.43. The van der Waals surface area contributed by atoms with Crippen molar-refractivity contribution in [1.29, 1.82) is 0 Å². The van der Waals surface area contributed by atoms with Crippen molar-refractivity contribution in [2.24, 2.45) is 0 Å². The molecule has 2 saturated heterocycles. The first-order chi connectivity index (χ1) is 9.21. The standard InChI is InChI=1S/C15H28N2O2S/c1-11-7-9-20-15(16-11)8-6-12(2)17(10-15)13(18)19-14(3,4)5/h11-12,16H,6-10H2,1-5H3. The van der Waals surface area contributed by atoms with Gasteiger partial charge in [-0.1, -0.05) is 0 Å². The third-order valence-electron chi connectivity index (χ3n) is 3.99. The first-order valence-electron chi connectivity index (χ1n) is 7.62. The summed E-state index contributed by atoms with van der Waals surface area (Å²) in [4.78, 5) is 14.3. The molecule has 116 valence electrons. The summed E-state index contributed by atoms with van der Waals surface area (Å²) < 4.78 is 5.56. The Balaban J connectivity index is 2.06. The Labute approximate surface area is 127 Å². The van der Waals surface area contributed by atoms with Crippen LogP contribution < -0.4 is 5.32 Å². The van der Waals surface area contributed by atoms with Crippen LogP contribution in [0.2, 0.25) is 0 Å². The minimum atomic E-state index is -0.429. The number of likely N-dealkylation sites (tertiary alicyclic amines) is 1. The molecule has 0 aromatic carbocycles. The molecular formula is C15H28N2O2S. The first kappa shape index (κ1) is 16.0. The van der Waals surface area contributed by atoms with E-state index in [1.807, 2.05) is 37.4 Å². The van der Waals surface area contributed by atoms with Gasteiger partial charge in [0.1, 0.15) is 5.60 Å². The second-order valence-corrected chi connectivity index (χ2v) is 8.65. The largest absolute Gasteiger partial charge is 0.444 e. The summed E-state index contributed by atoms with van der Waals surface area (Å²) in [5, 5.41) is 3.71. The van der Waals surface area contributed by atoms with E-state index >= 15 is 0 Å². The summed E-state index contributed by atoms with van der Waals surface area (Å²) in [5.41, 5.74) is -0.429. The third kappa shape index (κ3) is 3.82. The van der Waals surface area contributed by atoms with Crippen molar-refractivity contribution in [2.45, 2.75) is 76.4 Å². The lowest BCUT2D eigenvalue weighted by Gasteiger charge is -2.49. The topological polar surface area (TPSA) is 41.6 Å². The number of rotatable bonds is 0. The molecule has 2 fully saturated rings. The number of nitrogens with zero attached hydrogens (tertiary/aromatic N) is 1. The number of hydrogen-bond acceptors (Lipinski definition) is 4. The molecule has 2 aliphatic rings. The first-order valence-corrected chi connectivity index (χ1v) is 8.61. The summed E-state index contributed by atoms with van der Waals surface area (Å²) in [6.45, 7) is 10.9. The van der Waals surface area contributed by atoms with Gasteiger partial charge >= 0.3 is 6.09 Å². The highest BCUT2D eigenvalue weighted by Crippen LogP contribution is 2.38. The molecule has 2 heterocycles. The van der Waals surface area contributed by atoms with Gasteiger partial charge in [0.2, 0.25) is 0 Å². The Hall–Kier alpha value is -0.420. The molecule has 5 heteroatoms. The maximum atomic E-state index is 12.4. The predicted octanol–water partition coefficient (Wildman–Crippen LogP) is 3.22. The lowest BCUT2D eigenvalue weighted by Crippen LogP contribution is -2.62. The highest BCUT2D eigenvalue weighted by atomic mass is 32.2. The van der Waals surface area contributed by atoms with Gasteiger partial charge in [-0.25, -0.2) is 4.79 Å². The minimum absolute atomic E-state index is 0.0289. The molecule has 3 atom stereocenters. The molecule has 0 bridgehead atoms. The average Bonchev–Trinajstić information content (AvgIpc) is 2.30. The molecule has 1 spiro atoms. The molecule has 2 rings (SSSR count). The second-order valence-electron chi connectivity index (χ2n) is 7.17. The zero-order valence-electron chi connectivity index (χ0n) is 13.4. The number of hydrogen-bond donors (Lipinski definition) is 1. The van der Waals surface area contributed by atoms with E-state index in [1.54, 1.807) is 0 Å². The van der Waals surface area contributed by atoms with E-state index in [4.69, 9.17) is 4.74 Å². The number of amides is 1. The van der Waals surface area contributed by atoms with Gasteiger partial charge < -0.3 is 9.64 Å². The molecule has 0 aromatic heterocycles. The number of carbonyl (C=O) groups is 1. The van der Waals surface area contributed by atoms with Gasteiger partial charge in [0.15, 0.2) is 0 Å². The van der Waals surface area contributed by atoms with Crippen LogP contribution in [0.5, 0.6) is 0 Å². The van der Waals surface area contributed by atoms with Crippen molar-refractivity contribution in [3.05, 3.63) is 0 Å². The van der Waals surface area contributed by atoms with Crippen LogP contribution in [0.25, 0.3) is 0 Å². The van der Waals surface area contributed by atoms with E-state index in [9.17, 15) is 4.79 Å². The Morgan fingerprint density at radius 1 is 1.35 bits per heavy atom. The van der Waals surface area contributed by atoms with Gasteiger partial charge in [-0.15, -0.1) is 11.8 Å². The molecule has 0 saturated carbocycles. The van der Waals surface area contributed by atoms with Crippen molar-refractivity contribution in [1.82, 2.24) is 10.2 Å². The summed E-state index contributed by atoms with van der Waals surface area (Å²) in [6.07, 6.45) is 3.19. The number of piperidine rings is 1. The quantitative estimate of drug-likeness (QED) is 0.746. The Morgan fingerprint density at radius 3 is 2.65 bits per heavy atom. The monoisotopic (exact) mass is 300 g/mol. The van der Waals surface area contributed by atoms with Crippen LogP contribution >= 0.6 is 11.8 Å². The summed E-state index contributed by atoms with van der Waals surface area (Å²) in [5.74, 6) is 1.17. The molecule has 1 N–H and O–H groups in total. The molecule has 0 aromatic rings. The smallest absolute Gasteiger partial charge is 0.410 e. The maximum absolute atomic E-state index is 12.4. The van der Waals surface area contributed by atoms with Crippen molar-refractivity contribution in [3.8, 4) is 0 Å². The van der Waals surface area contributed by atoms with E-state index in [1.165, 1.54) is 12.2 Å². The van der Waals surface area contributed by atoms with Crippen LogP contribution in [0.4, 0.5) is 4.79 Å². The van der Waals surface area contributed by atoms with Crippen LogP contribution in [-0.4, -0.2) is 45.8 Å². The summed E-state index contributed by atoms with van der Waals surface area (Å²) >= 11 is 1.97. The number of thioether (sulfide) groups is 1. The highest BCUT2D eigenvalue weighted by Gasteiger charge is 2.43. The Bertz CT molecular complexity index is 369. The molecule has 3 unspecified atom stereocenters. The Morgan fingerprint density at radius 2 is 2.05 bits per heavy atom. The number of ether oxygens (including phenoxy) is 1.